The fraction of sp³-hybridized carbons (Fsp3) is 0.923. The lowest BCUT2D eigenvalue weighted by Gasteiger charge is -2.32. The predicted octanol–water partition coefficient (Wildman–Crippen LogP) is 1.65. The summed E-state index contributed by atoms with van der Waals surface area (Å²) in [5.74, 6) is 1.88. The number of amidine groups is 1. The Labute approximate surface area is 113 Å². The average molecular weight is 270 g/mol. The van der Waals surface area contributed by atoms with Gasteiger partial charge in [-0.05, 0) is 31.6 Å². The molecule has 0 unspecified atom stereocenters. The van der Waals surface area contributed by atoms with Gasteiger partial charge in [0.2, 0.25) is 0 Å². The van der Waals surface area contributed by atoms with E-state index in [0.717, 1.165) is 62.7 Å². The molecule has 0 aromatic heterocycles. The van der Waals surface area contributed by atoms with E-state index in [9.17, 15) is 0 Å². The van der Waals surface area contributed by atoms with Crippen molar-refractivity contribution < 1.29 is 9.47 Å². The molecule has 3 rings (SSSR count). The predicted molar refractivity (Wildman–Crippen MR) is 74.2 cm³/mol. The second kappa shape index (κ2) is 5.80. The highest BCUT2D eigenvalue weighted by Gasteiger charge is 2.38. The van der Waals surface area contributed by atoms with Crippen LogP contribution in [0.1, 0.15) is 25.7 Å². The maximum atomic E-state index is 5.44. The molecule has 0 saturated carbocycles. The van der Waals surface area contributed by atoms with Crippen LogP contribution in [0.2, 0.25) is 0 Å². The molecule has 3 saturated heterocycles. The van der Waals surface area contributed by atoms with E-state index < -0.39 is 0 Å². The quantitative estimate of drug-likeness (QED) is 0.828. The minimum Gasteiger partial charge on any atom is -0.381 e. The summed E-state index contributed by atoms with van der Waals surface area (Å²) in [6.07, 6.45) is 4.58. The van der Waals surface area contributed by atoms with Gasteiger partial charge in [-0.15, -0.1) is 0 Å². The molecule has 1 spiro atoms. The van der Waals surface area contributed by atoms with Crippen LogP contribution in [-0.2, 0) is 9.47 Å². The van der Waals surface area contributed by atoms with Crippen molar-refractivity contribution in [3.63, 3.8) is 0 Å². The lowest BCUT2D eigenvalue weighted by molar-refractivity contribution is 0.0554. The summed E-state index contributed by atoms with van der Waals surface area (Å²) in [6.45, 7) is 4.57. The SMILES string of the molecule is C1CC(CN=C2NC3(CCOCC3)CS2)CCO1. The third-order valence-corrected chi connectivity index (χ3v) is 5.34. The normalized spacial score (nSPS) is 30.8. The van der Waals surface area contributed by atoms with Crippen LogP contribution in [0.5, 0.6) is 0 Å². The van der Waals surface area contributed by atoms with E-state index in [1.165, 1.54) is 12.8 Å². The zero-order valence-electron chi connectivity index (χ0n) is 10.8. The average Bonchev–Trinajstić information content (AvgIpc) is 2.82. The van der Waals surface area contributed by atoms with Crippen LogP contribution < -0.4 is 5.32 Å². The van der Waals surface area contributed by atoms with Gasteiger partial charge < -0.3 is 14.8 Å². The minimum atomic E-state index is 0.275. The van der Waals surface area contributed by atoms with Crippen molar-refractivity contribution in [1.29, 1.82) is 0 Å². The molecule has 1 N–H and O–H groups in total. The van der Waals surface area contributed by atoms with Crippen molar-refractivity contribution in [3.05, 3.63) is 0 Å². The molecule has 0 atom stereocenters. The molecule has 0 aromatic carbocycles. The molecule has 0 radical (unpaired) electrons. The summed E-state index contributed by atoms with van der Waals surface area (Å²) in [5, 5.41) is 4.80. The van der Waals surface area contributed by atoms with Crippen molar-refractivity contribution in [3.8, 4) is 0 Å². The Morgan fingerprint density at radius 3 is 2.67 bits per heavy atom. The number of hydrogen-bond donors (Lipinski definition) is 1. The second-order valence-electron chi connectivity index (χ2n) is 5.51. The van der Waals surface area contributed by atoms with Gasteiger partial charge in [-0.2, -0.15) is 0 Å². The summed E-state index contributed by atoms with van der Waals surface area (Å²) in [6, 6.07) is 0. The van der Waals surface area contributed by atoms with E-state index >= 15 is 0 Å². The number of hydrogen-bond acceptors (Lipinski definition) is 4. The summed E-state index contributed by atoms with van der Waals surface area (Å²) < 4.78 is 10.8. The third-order valence-electron chi connectivity index (χ3n) is 4.14. The van der Waals surface area contributed by atoms with E-state index in [2.05, 4.69) is 5.32 Å². The summed E-state index contributed by atoms with van der Waals surface area (Å²) >= 11 is 1.89. The van der Waals surface area contributed by atoms with E-state index in [0.29, 0.717) is 0 Å². The summed E-state index contributed by atoms with van der Waals surface area (Å²) in [4.78, 5) is 4.77. The molecule has 102 valence electrons. The molecule has 3 aliphatic rings. The Hall–Kier alpha value is -0.260. The summed E-state index contributed by atoms with van der Waals surface area (Å²) in [7, 11) is 0. The Bertz CT molecular complexity index is 310. The third kappa shape index (κ3) is 3.00. The van der Waals surface area contributed by atoms with Crippen molar-refractivity contribution in [2.24, 2.45) is 10.9 Å². The van der Waals surface area contributed by atoms with Gasteiger partial charge in [0, 0.05) is 38.7 Å². The molecule has 0 bridgehead atoms. The highest BCUT2D eigenvalue weighted by Crippen LogP contribution is 2.32. The van der Waals surface area contributed by atoms with Crippen LogP contribution in [0.4, 0.5) is 0 Å². The largest absolute Gasteiger partial charge is 0.381 e. The molecule has 3 fully saturated rings. The van der Waals surface area contributed by atoms with Crippen LogP contribution in [0.15, 0.2) is 4.99 Å². The highest BCUT2D eigenvalue weighted by atomic mass is 32.2. The number of thioether (sulfide) groups is 1. The topological polar surface area (TPSA) is 42.9 Å². The van der Waals surface area contributed by atoms with Gasteiger partial charge in [-0.1, -0.05) is 11.8 Å². The Kier molecular flexibility index (Phi) is 4.11. The first-order valence-corrected chi connectivity index (χ1v) is 7.96. The van der Waals surface area contributed by atoms with Crippen LogP contribution in [-0.4, -0.2) is 49.4 Å². The molecule has 3 heterocycles. The van der Waals surface area contributed by atoms with Crippen molar-refractivity contribution in [2.45, 2.75) is 31.2 Å². The number of rotatable bonds is 2. The molecule has 3 aliphatic heterocycles. The van der Waals surface area contributed by atoms with Gasteiger partial charge in [0.05, 0.1) is 5.54 Å². The molecule has 4 nitrogen and oxygen atoms in total. The fourth-order valence-corrected chi connectivity index (χ4v) is 3.99. The maximum Gasteiger partial charge on any atom is 0.157 e. The van der Waals surface area contributed by atoms with Gasteiger partial charge in [-0.3, -0.25) is 4.99 Å². The lowest BCUT2D eigenvalue weighted by Crippen LogP contribution is -2.48. The number of nitrogens with zero attached hydrogens (tertiary/aromatic N) is 1. The molecule has 0 amide bonds. The molecule has 18 heavy (non-hydrogen) atoms. The minimum absolute atomic E-state index is 0.275. The molecule has 0 aliphatic carbocycles. The van der Waals surface area contributed by atoms with Crippen LogP contribution in [0, 0.1) is 5.92 Å². The second-order valence-corrected chi connectivity index (χ2v) is 6.47. The van der Waals surface area contributed by atoms with Crippen LogP contribution in [0.25, 0.3) is 0 Å². The number of nitrogens with one attached hydrogen (secondary N) is 1. The van der Waals surface area contributed by atoms with Crippen LogP contribution >= 0.6 is 11.8 Å². The highest BCUT2D eigenvalue weighted by molar-refractivity contribution is 8.14. The first kappa shape index (κ1) is 12.8. The number of aliphatic imine (C=N–C) groups is 1. The molecular formula is C13H22N2O2S. The van der Waals surface area contributed by atoms with Crippen molar-refractivity contribution in [1.82, 2.24) is 5.32 Å². The van der Waals surface area contributed by atoms with Crippen molar-refractivity contribution >= 4 is 16.9 Å². The van der Waals surface area contributed by atoms with Gasteiger partial charge in [0.1, 0.15) is 0 Å². The van der Waals surface area contributed by atoms with E-state index in [1.54, 1.807) is 0 Å². The van der Waals surface area contributed by atoms with Gasteiger partial charge >= 0.3 is 0 Å². The fourth-order valence-electron chi connectivity index (χ4n) is 2.76. The Morgan fingerprint density at radius 2 is 1.89 bits per heavy atom. The Morgan fingerprint density at radius 1 is 1.17 bits per heavy atom. The first-order chi connectivity index (χ1) is 8.86. The first-order valence-electron chi connectivity index (χ1n) is 6.97. The molecule has 5 heteroatoms. The van der Waals surface area contributed by atoms with Crippen LogP contribution in [0.3, 0.4) is 0 Å². The van der Waals surface area contributed by atoms with Gasteiger partial charge in [-0.25, -0.2) is 0 Å². The summed E-state index contributed by atoms with van der Waals surface area (Å²) in [5.41, 5.74) is 0.275. The lowest BCUT2D eigenvalue weighted by atomic mass is 9.93. The smallest absolute Gasteiger partial charge is 0.157 e. The zero-order valence-corrected chi connectivity index (χ0v) is 11.6. The monoisotopic (exact) mass is 270 g/mol. The van der Waals surface area contributed by atoms with Gasteiger partial charge in [0.25, 0.3) is 0 Å². The molecular weight excluding hydrogens is 248 g/mol. The Balaban J connectivity index is 1.51. The van der Waals surface area contributed by atoms with E-state index in [-0.39, 0.29) is 5.54 Å². The van der Waals surface area contributed by atoms with Crippen molar-refractivity contribution in [2.75, 3.05) is 38.7 Å². The zero-order chi connectivity index (χ0) is 12.3. The number of ether oxygens (including phenoxy) is 2. The molecule has 0 aromatic rings. The standard InChI is InChI=1S/C13H22N2O2S/c1-5-16-6-2-11(1)9-14-12-15-13(10-18-12)3-7-17-8-4-13/h11H,1-10H2,(H,14,15). The van der Waals surface area contributed by atoms with E-state index in [1.807, 2.05) is 11.8 Å². The maximum absolute atomic E-state index is 5.44. The van der Waals surface area contributed by atoms with E-state index in [4.69, 9.17) is 14.5 Å². The van der Waals surface area contributed by atoms with Gasteiger partial charge in [0.15, 0.2) is 5.17 Å².